The van der Waals surface area contributed by atoms with E-state index in [0.29, 0.717) is 10.9 Å². The van der Waals surface area contributed by atoms with Gasteiger partial charge in [-0.3, -0.25) is 14.5 Å². The maximum Gasteiger partial charge on any atom is 0.283 e. The average molecular weight is 514 g/mol. The van der Waals surface area contributed by atoms with E-state index in [-0.39, 0.29) is 17.6 Å². The van der Waals surface area contributed by atoms with E-state index in [9.17, 15) is 9.59 Å². The summed E-state index contributed by atoms with van der Waals surface area (Å²) >= 11 is 1.25. The standard InChI is InChI=1S/C30H31N3O3S/c1-6-23-9-7-8-21(4)28(23)32-27(34)18-37-30-31-26(17-22-10-12-25(36-5)13-11-22)29(35)33(30)24-15-19(2)14-20(3)16-24/h7-17H,6,18H2,1-5H3,(H,32,34)/b26-17-. The third-order valence-electron chi connectivity index (χ3n) is 6.05. The Bertz CT molecular complexity index is 1370. The molecule has 4 rings (SSSR count). The van der Waals surface area contributed by atoms with Crippen LogP contribution in [0.2, 0.25) is 0 Å². The number of aliphatic imine (C=N–C) groups is 1. The number of methoxy groups -OCH3 is 1. The number of nitrogens with zero attached hydrogens (tertiary/aromatic N) is 2. The predicted molar refractivity (Wildman–Crippen MR) is 153 cm³/mol. The zero-order valence-corrected chi connectivity index (χ0v) is 22.6. The van der Waals surface area contributed by atoms with E-state index >= 15 is 0 Å². The Balaban J connectivity index is 1.61. The highest BCUT2D eigenvalue weighted by Crippen LogP contribution is 2.31. The third-order valence-corrected chi connectivity index (χ3v) is 6.99. The molecule has 1 heterocycles. The summed E-state index contributed by atoms with van der Waals surface area (Å²) in [6.45, 7) is 8.04. The molecule has 0 aromatic heterocycles. The number of benzene rings is 3. The van der Waals surface area contributed by atoms with Crippen LogP contribution in [0.1, 0.15) is 34.7 Å². The van der Waals surface area contributed by atoms with Crippen molar-refractivity contribution in [1.82, 2.24) is 0 Å². The number of hydrogen-bond acceptors (Lipinski definition) is 5. The summed E-state index contributed by atoms with van der Waals surface area (Å²) in [6.07, 6.45) is 2.58. The van der Waals surface area contributed by atoms with Crippen LogP contribution in [0, 0.1) is 20.8 Å². The number of rotatable bonds is 7. The molecule has 3 aromatic rings. The van der Waals surface area contributed by atoms with Crippen molar-refractivity contribution >= 4 is 46.2 Å². The number of aryl methyl sites for hydroxylation is 4. The molecule has 0 fully saturated rings. The van der Waals surface area contributed by atoms with Crippen LogP contribution < -0.4 is 15.0 Å². The van der Waals surface area contributed by atoms with E-state index < -0.39 is 0 Å². The van der Waals surface area contributed by atoms with Crippen molar-refractivity contribution in [1.29, 1.82) is 0 Å². The van der Waals surface area contributed by atoms with Gasteiger partial charge in [0.25, 0.3) is 5.91 Å². The van der Waals surface area contributed by atoms with E-state index in [1.165, 1.54) is 11.8 Å². The monoisotopic (exact) mass is 513 g/mol. The predicted octanol–water partition coefficient (Wildman–Crippen LogP) is 6.30. The zero-order chi connectivity index (χ0) is 26.5. The van der Waals surface area contributed by atoms with Crippen LogP contribution in [-0.4, -0.2) is 29.8 Å². The van der Waals surface area contributed by atoms with Crippen LogP contribution in [0.15, 0.2) is 71.4 Å². The molecule has 0 saturated carbocycles. The lowest BCUT2D eigenvalue weighted by atomic mass is 10.1. The number of nitrogens with one attached hydrogen (secondary N) is 1. The molecule has 0 saturated heterocycles. The summed E-state index contributed by atoms with van der Waals surface area (Å²) in [5.41, 5.74) is 6.95. The number of thioether (sulfide) groups is 1. The molecule has 6 nitrogen and oxygen atoms in total. The lowest BCUT2D eigenvalue weighted by Crippen LogP contribution is -2.31. The molecule has 0 unspecified atom stereocenters. The Kier molecular flexibility index (Phi) is 8.14. The molecular weight excluding hydrogens is 482 g/mol. The summed E-state index contributed by atoms with van der Waals surface area (Å²) in [5.74, 6) is 0.496. The molecule has 190 valence electrons. The zero-order valence-electron chi connectivity index (χ0n) is 21.8. The first-order valence-electron chi connectivity index (χ1n) is 12.2. The summed E-state index contributed by atoms with van der Waals surface area (Å²) < 4.78 is 5.23. The average Bonchev–Trinajstić information content (AvgIpc) is 3.18. The number of para-hydroxylation sites is 1. The van der Waals surface area contributed by atoms with Crippen LogP contribution in [0.5, 0.6) is 5.75 Å². The first-order valence-corrected chi connectivity index (χ1v) is 13.2. The molecule has 2 amide bonds. The van der Waals surface area contributed by atoms with Crippen molar-refractivity contribution in [3.63, 3.8) is 0 Å². The van der Waals surface area contributed by atoms with Crippen LogP contribution in [0.3, 0.4) is 0 Å². The van der Waals surface area contributed by atoms with E-state index in [0.717, 1.165) is 51.4 Å². The molecule has 3 aromatic carbocycles. The van der Waals surface area contributed by atoms with Gasteiger partial charge in [-0.15, -0.1) is 0 Å². The topological polar surface area (TPSA) is 71.0 Å². The van der Waals surface area contributed by atoms with E-state index in [2.05, 4.69) is 23.3 Å². The van der Waals surface area contributed by atoms with Gasteiger partial charge in [0.2, 0.25) is 5.91 Å². The van der Waals surface area contributed by atoms with Crippen molar-refractivity contribution in [3.05, 3.63) is 94.2 Å². The Labute approximate surface area is 222 Å². The lowest BCUT2D eigenvalue weighted by Gasteiger charge is -2.19. The van der Waals surface area contributed by atoms with Gasteiger partial charge in [0.05, 0.1) is 18.6 Å². The summed E-state index contributed by atoms with van der Waals surface area (Å²) in [6, 6.07) is 19.4. The first kappa shape index (κ1) is 26.2. The fourth-order valence-electron chi connectivity index (χ4n) is 4.27. The highest BCUT2D eigenvalue weighted by atomic mass is 32.2. The van der Waals surface area contributed by atoms with Gasteiger partial charge >= 0.3 is 0 Å². The summed E-state index contributed by atoms with van der Waals surface area (Å²) in [7, 11) is 1.61. The van der Waals surface area contributed by atoms with Gasteiger partial charge < -0.3 is 10.1 Å². The van der Waals surface area contributed by atoms with Gasteiger partial charge in [0, 0.05) is 5.69 Å². The second kappa shape index (κ2) is 11.5. The van der Waals surface area contributed by atoms with Crippen molar-refractivity contribution in [2.24, 2.45) is 4.99 Å². The fraction of sp³-hybridized carbons (Fsp3) is 0.233. The maximum atomic E-state index is 13.5. The molecule has 1 aliphatic rings. The molecule has 0 aliphatic carbocycles. The number of carbonyl (C=O) groups excluding carboxylic acids is 2. The number of carbonyl (C=O) groups is 2. The molecule has 0 atom stereocenters. The Morgan fingerprint density at radius 1 is 1.05 bits per heavy atom. The van der Waals surface area contributed by atoms with Crippen molar-refractivity contribution in [2.45, 2.75) is 34.1 Å². The second-order valence-corrected chi connectivity index (χ2v) is 9.93. The smallest absolute Gasteiger partial charge is 0.283 e. The molecule has 1 N–H and O–H groups in total. The minimum Gasteiger partial charge on any atom is -0.497 e. The highest BCUT2D eigenvalue weighted by Gasteiger charge is 2.32. The molecule has 37 heavy (non-hydrogen) atoms. The molecule has 1 aliphatic heterocycles. The first-order chi connectivity index (χ1) is 17.8. The van der Waals surface area contributed by atoms with Gasteiger partial charge in [-0.05, 0) is 85.4 Å². The number of ether oxygens (including phenoxy) is 1. The third kappa shape index (κ3) is 6.12. The molecular formula is C30H31N3O3S. The minimum atomic E-state index is -0.226. The van der Waals surface area contributed by atoms with Gasteiger partial charge in [0.15, 0.2) is 5.17 Å². The molecule has 0 spiro atoms. The van der Waals surface area contributed by atoms with Gasteiger partial charge in [-0.2, -0.15) is 0 Å². The Hall–Kier alpha value is -3.84. The van der Waals surface area contributed by atoms with Gasteiger partial charge in [-0.1, -0.05) is 55.1 Å². The van der Waals surface area contributed by atoms with Crippen molar-refractivity contribution in [3.8, 4) is 5.75 Å². The van der Waals surface area contributed by atoms with Gasteiger partial charge in [0.1, 0.15) is 11.4 Å². The van der Waals surface area contributed by atoms with E-state index in [1.54, 1.807) is 18.1 Å². The fourth-order valence-corrected chi connectivity index (χ4v) is 5.08. The Morgan fingerprint density at radius 3 is 2.41 bits per heavy atom. The summed E-state index contributed by atoms with van der Waals surface area (Å²) in [5, 5.41) is 3.53. The largest absolute Gasteiger partial charge is 0.497 e. The van der Waals surface area contributed by atoms with E-state index in [1.807, 2.05) is 75.4 Å². The van der Waals surface area contributed by atoms with Gasteiger partial charge in [-0.25, -0.2) is 4.99 Å². The van der Waals surface area contributed by atoms with Crippen LogP contribution in [0.25, 0.3) is 6.08 Å². The number of amides is 2. The number of anilines is 2. The maximum absolute atomic E-state index is 13.5. The quantitative estimate of drug-likeness (QED) is 0.377. The minimum absolute atomic E-state index is 0.126. The second-order valence-electron chi connectivity index (χ2n) is 8.98. The highest BCUT2D eigenvalue weighted by molar-refractivity contribution is 8.14. The molecule has 0 bridgehead atoms. The summed E-state index contributed by atoms with van der Waals surface area (Å²) in [4.78, 5) is 32.7. The SMILES string of the molecule is CCc1cccc(C)c1NC(=O)CSC1=N/C(=C\c2ccc(OC)cc2)C(=O)N1c1cc(C)cc(C)c1. The number of hydrogen-bond donors (Lipinski definition) is 1. The van der Waals surface area contributed by atoms with Crippen molar-refractivity contribution in [2.75, 3.05) is 23.1 Å². The van der Waals surface area contributed by atoms with Crippen LogP contribution in [0.4, 0.5) is 11.4 Å². The molecule has 7 heteroatoms. The Morgan fingerprint density at radius 2 is 1.76 bits per heavy atom. The van der Waals surface area contributed by atoms with E-state index in [4.69, 9.17) is 4.74 Å². The normalized spacial score (nSPS) is 14.2. The number of amidine groups is 1. The van der Waals surface area contributed by atoms with Crippen LogP contribution in [-0.2, 0) is 16.0 Å². The molecule has 0 radical (unpaired) electrons. The lowest BCUT2D eigenvalue weighted by molar-refractivity contribution is -0.114. The van der Waals surface area contributed by atoms with Crippen molar-refractivity contribution < 1.29 is 14.3 Å². The van der Waals surface area contributed by atoms with Crippen LogP contribution >= 0.6 is 11.8 Å².